The molecule has 1 aliphatic heterocycles. The average Bonchev–Trinajstić information content (AvgIpc) is 3.61. The van der Waals surface area contributed by atoms with Crippen molar-refractivity contribution in [3.8, 4) is 17.1 Å². The van der Waals surface area contributed by atoms with Gasteiger partial charge in [0.25, 0.3) is 5.56 Å². The number of nitrogens with zero attached hydrogens (tertiary/aromatic N) is 2. The molecule has 0 amide bonds. The zero-order valence-electron chi connectivity index (χ0n) is 22.7. The number of fused-ring (bicyclic) bond motifs is 1. The lowest BCUT2D eigenvalue weighted by Crippen LogP contribution is -2.40. The Labute approximate surface area is 250 Å². The molecule has 0 saturated carbocycles. The number of halogens is 1. The summed E-state index contributed by atoms with van der Waals surface area (Å²) in [4.78, 5) is 33.0. The third-order valence-corrected chi connectivity index (χ3v) is 8.05. The highest BCUT2D eigenvalue weighted by atomic mass is 35.5. The SMILES string of the molecule is CCOC(=O)C1=C(c2ccccc2)N=c2s/c(=C\c3ccc(-c4ccc(Cl)cc4)o3)c(=O)n2C1c1cccc(OC)c1. The fourth-order valence-corrected chi connectivity index (χ4v) is 6.00. The second-order valence-corrected chi connectivity index (χ2v) is 10.9. The molecule has 5 aromatic rings. The minimum Gasteiger partial charge on any atom is -0.497 e. The van der Waals surface area contributed by atoms with E-state index >= 15 is 0 Å². The summed E-state index contributed by atoms with van der Waals surface area (Å²) < 4.78 is 19.0. The summed E-state index contributed by atoms with van der Waals surface area (Å²) in [5.41, 5.74) is 2.73. The lowest BCUT2D eigenvalue weighted by molar-refractivity contribution is -0.138. The Hall–Kier alpha value is -4.66. The summed E-state index contributed by atoms with van der Waals surface area (Å²) in [7, 11) is 1.57. The van der Waals surface area contributed by atoms with Crippen molar-refractivity contribution in [2.45, 2.75) is 13.0 Å². The van der Waals surface area contributed by atoms with E-state index in [1.165, 1.54) is 11.3 Å². The second-order valence-electron chi connectivity index (χ2n) is 9.42. The quantitative estimate of drug-likeness (QED) is 0.220. The summed E-state index contributed by atoms with van der Waals surface area (Å²) in [5.74, 6) is 1.22. The summed E-state index contributed by atoms with van der Waals surface area (Å²) >= 11 is 7.26. The van der Waals surface area contributed by atoms with E-state index in [4.69, 9.17) is 30.5 Å². The van der Waals surface area contributed by atoms with Crippen molar-refractivity contribution >= 4 is 40.7 Å². The molecule has 42 heavy (non-hydrogen) atoms. The summed E-state index contributed by atoms with van der Waals surface area (Å²) in [6.45, 7) is 1.92. The van der Waals surface area contributed by atoms with Crippen molar-refractivity contribution in [1.82, 2.24) is 4.57 Å². The van der Waals surface area contributed by atoms with Crippen LogP contribution < -0.4 is 19.6 Å². The molecule has 9 heteroatoms. The highest BCUT2D eigenvalue weighted by Gasteiger charge is 2.35. The number of carbonyl (C=O) groups excluding carboxylic acids is 1. The lowest BCUT2D eigenvalue weighted by Gasteiger charge is -2.26. The maximum atomic E-state index is 14.1. The molecule has 0 aliphatic carbocycles. The standard InChI is InChI=1S/C33H25ClN2O5S/c1-3-40-32(38)28-29(21-8-5-4-6-9-21)35-33-36(30(28)22-10-7-11-24(18-22)39-2)31(37)27(42-33)19-25-16-17-26(41-25)20-12-14-23(34)15-13-20/h4-19,30H,3H2,1-2H3/b27-19-. The highest BCUT2D eigenvalue weighted by Crippen LogP contribution is 2.36. The normalized spacial score (nSPS) is 14.8. The number of furan rings is 1. The summed E-state index contributed by atoms with van der Waals surface area (Å²) in [5, 5.41) is 0.634. The van der Waals surface area contributed by atoms with Crippen molar-refractivity contribution in [3.05, 3.63) is 138 Å². The number of thiazole rings is 1. The first-order valence-electron chi connectivity index (χ1n) is 13.2. The van der Waals surface area contributed by atoms with E-state index in [0.717, 1.165) is 11.1 Å². The Morgan fingerprint density at radius 2 is 1.81 bits per heavy atom. The third-order valence-electron chi connectivity index (χ3n) is 6.81. The maximum Gasteiger partial charge on any atom is 0.338 e. The zero-order chi connectivity index (χ0) is 29.2. The summed E-state index contributed by atoms with van der Waals surface area (Å²) in [6, 6.07) is 26.9. The van der Waals surface area contributed by atoms with Gasteiger partial charge in [0.15, 0.2) is 4.80 Å². The number of ether oxygens (including phenoxy) is 2. The molecule has 2 aromatic heterocycles. The molecule has 0 N–H and O–H groups in total. The first-order chi connectivity index (χ1) is 20.5. The molecule has 0 saturated heterocycles. The third kappa shape index (κ3) is 5.22. The van der Waals surface area contributed by atoms with Gasteiger partial charge in [-0.1, -0.05) is 65.4 Å². The van der Waals surface area contributed by atoms with Crippen molar-refractivity contribution < 1.29 is 18.7 Å². The topological polar surface area (TPSA) is 83.0 Å². The van der Waals surface area contributed by atoms with E-state index in [2.05, 4.69) is 0 Å². The number of aromatic nitrogens is 1. The Morgan fingerprint density at radius 1 is 1.02 bits per heavy atom. The van der Waals surface area contributed by atoms with Crippen LogP contribution in [-0.4, -0.2) is 24.3 Å². The van der Waals surface area contributed by atoms with Crippen molar-refractivity contribution in [3.63, 3.8) is 0 Å². The largest absolute Gasteiger partial charge is 0.497 e. The van der Waals surface area contributed by atoms with Crippen LogP contribution in [0.1, 0.15) is 29.9 Å². The first-order valence-corrected chi connectivity index (χ1v) is 14.4. The maximum absolute atomic E-state index is 14.1. The predicted octanol–water partition coefficient (Wildman–Crippen LogP) is 5.86. The van der Waals surface area contributed by atoms with Crippen LogP contribution in [0, 0.1) is 0 Å². The Morgan fingerprint density at radius 3 is 2.55 bits per heavy atom. The number of esters is 1. The predicted molar refractivity (Wildman–Crippen MR) is 163 cm³/mol. The summed E-state index contributed by atoms with van der Waals surface area (Å²) in [6.07, 6.45) is 1.70. The minimum atomic E-state index is -0.797. The molecular weight excluding hydrogens is 572 g/mol. The van der Waals surface area contributed by atoms with Crippen LogP contribution >= 0.6 is 22.9 Å². The molecule has 0 radical (unpaired) electrons. The Kier molecular flexibility index (Phi) is 7.65. The van der Waals surface area contributed by atoms with E-state index in [0.29, 0.717) is 42.9 Å². The molecule has 3 heterocycles. The lowest BCUT2D eigenvalue weighted by atomic mass is 9.93. The van der Waals surface area contributed by atoms with Gasteiger partial charge in [-0.25, -0.2) is 9.79 Å². The van der Waals surface area contributed by atoms with E-state index in [1.54, 1.807) is 42.9 Å². The van der Waals surface area contributed by atoms with Crippen molar-refractivity contribution in [2.75, 3.05) is 13.7 Å². The van der Waals surface area contributed by atoms with Gasteiger partial charge >= 0.3 is 5.97 Å². The van der Waals surface area contributed by atoms with Gasteiger partial charge < -0.3 is 13.9 Å². The molecule has 1 aliphatic rings. The van der Waals surface area contributed by atoms with Gasteiger partial charge in [0.1, 0.15) is 17.3 Å². The van der Waals surface area contributed by atoms with Crippen LogP contribution in [0.3, 0.4) is 0 Å². The van der Waals surface area contributed by atoms with Gasteiger partial charge in [0.2, 0.25) is 0 Å². The average molecular weight is 597 g/mol. The van der Waals surface area contributed by atoms with Crippen LogP contribution in [0.2, 0.25) is 5.02 Å². The fraction of sp³-hybridized carbons (Fsp3) is 0.121. The smallest absolute Gasteiger partial charge is 0.338 e. The molecule has 0 spiro atoms. The molecule has 1 atom stereocenters. The molecule has 0 fully saturated rings. The van der Waals surface area contributed by atoms with Gasteiger partial charge in [-0.2, -0.15) is 0 Å². The van der Waals surface area contributed by atoms with Crippen molar-refractivity contribution in [2.24, 2.45) is 4.99 Å². The van der Waals surface area contributed by atoms with E-state index in [1.807, 2.05) is 72.8 Å². The van der Waals surface area contributed by atoms with E-state index in [-0.39, 0.29) is 17.7 Å². The van der Waals surface area contributed by atoms with Crippen LogP contribution in [0.25, 0.3) is 23.1 Å². The number of benzene rings is 3. The zero-order valence-corrected chi connectivity index (χ0v) is 24.3. The number of hydrogen-bond donors (Lipinski definition) is 0. The van der Waals surface area contributed by atoms with Gasteiger partial charge in [-0.05, 0) is 61.0 Å². The van der Waals surface area contributed by atoms with Gasteiger partial charge in [0, 0.05) is 22.2 Å². The van der Waals surface area contributed by atoms with Gasteiger partial charge in [-0.15, -0.1) is 0 Å². The second kappa shape index (κ2) is 11.7. The molecule has 0 bridgehead atoms. The number of rotatable bonds is 7. The number of carbonyl (C=O) groups is 1. The molecule has 7 nitrogen and oxygen atoms in total. The monoisotopic (exact) mass is 596 g/mol. The van der Waals surface area contributed by atoms with E-state index < -0.39 is 12.0 Å². The van der Waals surface area contributed by atoms with Crippen LogP contribution in [-0.2, 0) is 9.53 Å². The van der Waals surface area contributed by atoms with Gasteiger partial charge in [-0.3, -0.25) is 9.36 Å². The van der Waals surface area contributed by atoms with Crippen LogP contribution in [0.5, 0.6) is 5.75 Å². The van der Waals surface area contributed by atoms with Crippen LogP contribution in [0.15, 0.2) is 111 Å². The molecular formula is C33H25ClN2O5S. The Bertz CT molecular complexity index is 1990. The van der Waals surface area contributed by atoms with Crippen LogP contribution in [0.4, 0.5) is 0 Å². The van der Waals surface area contributed by atoms with Gasteiger partial charge in [0.05, 0.1) is 35.6 Å². The highest BCUT2D eigenvalue weighted by molar-refractivity contribution is 7.07. The molecule has 6 rings (SSSR count). The first kappa shape index (κ1) is 27.5. The number of hydrogen-bond acceptors (Lipinski definition) is 7. The Balaban J connectivity index is 1.57. The van der Waals surface area contributed by atoms with Crippen molar-refractivity contribution in [1.29, 1.82) is 0 Å². The number of methoxy groups -OCH3 is 1. The van der Waals surface area contributed by atoms with E-state index in [9.17, 15) is 9.59 Å². The molecule has 210 valence electrons. The minimum absolute atomic E-state index is 0.175. The molecule has 1 unspecified atom stereocenters. The molecule has 3 aromatic carbocycles. The fourth-order valence-electron chi connectivity index (χ4n) is 4.90.